The van der Waals surface area contributed by atoms with E-state index in [1.54, 1.807) is 24.3 Å². The normalized spacial score (nSPS) is 17.4. The maximum atomic E-state index is 11.7. The Bertz CT molecular complexity index is 684. The van der Waals surface area contributed by atoms with E-state index in [1.807, 2.05) is 17.0 Å². The van der Waals surface area contributed by atoms with Crippen LogP contribution in [0.3, 0.4) is 0 Å². The van der Waals surface area contributed by atoms with Gasteiger partial charge in [-0.05, 0) is 53.9 Å². The molecule has 3 rings (SSSR count). The molecule has 1 aliphatic heterocycles. The van der Waals surface area contributed by atoms with Crippen LogP contribution in [0.4, 0.5) is 5.69 Å². The van der Waals surface area contributed by atoms with Crippen molar-refractivity contribution in [1.29, 1.82) is 0 Å². The van der Waals surface area contributed by atoms with Crippen LogP contribution in [0.25, 0.3) is 0 Å². The van der Waals surface area contributed by atoms with E-state index in [9.17, 15) is 15.0 Å². The number of fused-ring (bicyclic) bond motifs is 1. The molecule has 1 atom stereocenters. The quantitative estimate of drug-likeness (QED) is 0.894. The van der Waals surface area contributed by atoms with Crippen molar-refractivity contribution in [3.05, 3.63) is 58.6 Å². The van der Waals surface area contributed by atoms with Gasteiger partial charge in [-0.2, -0.15) is 0 Å². The molecule has 108 valence electrons. The van der Waals surface area contributed by atoms with Crippen molar-refractivity contribution in [3.63, 3.8) is 0 Å². The highest BCUT2D eigenvalue weighted by Gasteiger charge is 2.33. The molecule has 0 aromatic heterocycles. The first kappa shape index (κ1) is 13.8. The van der Waals surface area contributed by atoms with Crippen molar-refractivity contribution in [1.82, 2.24) is 0 Å². The van der Waals surface area contributed by atoms with Gasteiger partial charge in [0.25, 0.3) is 0 Å². The molecule has 2 aromatic rings. The smallest absolute Gasteiger partial charge is 0.331 e. The van der Waals surface area contributed by atoms with E-state index in [1.165, 1.54) is 6.07 Å². The summed E-state index contributed by atoms with van der Waals surface area (Å²) in [7, 11) is 0. The van der Waals surface area contributed by atoms with Gasteiger partial charge in [0, 0.05) is 17.3 Å². The average molecular weight is 304 g/mol. The fourth-order valence-electron chi connectivity index (χ4n) is 2.79. The molecule has 21 heavy (non-hydrogen) atoms. The van der Waals surface area contributed by atoms with Crippen LogP contribution in [0.1, 0.15) is 17.2 Å². The van der Waals surface area contributed by atoms with Gasteiger partial charge >= 0.3 is 5.97 Å². The maximum Gasteiger partial charge on any atom is 0.331 e. The van der Waals surface area contributed by atoms with Crippen molar-refractivity contribution in [2.24, 2.45) is 0 Å². The van der Waals surface area contributed by atoms with Crippen LogP contribution >= 0.6 is 11.6 Å². The molecule has 0 aliphatic carbocycles. The highest BCUT2D eigenvalue weighted by Crippen LogP contribution is 2.35. The Balaban J connectivity index is 2.05. The summed E-state index contributed by atoms with van der Waals surface area (Å²) in [5, 5.41) is 19.8. The van der Waals surface area contributed by atoms with Gasteiger partial charge in [-0.15, -0.1) is 0 Å². The van der Waals surface area contributed by atoms with Gasteiger partial charge in [0.05, 0.1) is 0 Å². The van der Waals surface area contributed by atoms with Crippen molar-refractivity contribution < 1.29 is 15.0 Å². The van der Waals surface area contributed by atoms with Crippen molar-refractivity contribution in [2.45, 2.75) is 12.5 Å². The Hall–Kier alpha value is -2.20. The van der Waals surface area contributed by atoms with Crippen LogP contribution in [0.5, 0.6) is 5.75 Å². The van der Waals surface area contributed by atoms with Gasteiger partial charge in [0.2, 0.25) is 0 Å². The topological polar surface area (TPSA) is 60.8 Å². The minimum atomic E-state index is -0.906. The minimum absolute atomic E-state index is 0.165. The van der Waals surface area contributed by atoms with E-state index in [4.69, 9.17) is 11.6 Å². The number of halogens is 1. The zero-order chi connectivity index (χ0) is 15.0. The number of phenolic OH excluding ortho intramolecular Hbond substituents is 1. The van der Waals surface area contributed by atoms with Crippen LogP contribution in [0.15, 0.2) is 42.5 Å². The van der Waals surface area contributed by atoms with Gasteiger partial charge in [0.1, 0.15) is 5.75 Å². The van der Waals surface area contributed by atoms with Crippen molar-refractivity contribution in [3.8, 4) is 5.75 Å². The van der Waals surface area contributed by atoms with E-state index in [0.29, 0.717) is 18.0 Å². The molecule has 0 amide bonds. The zero-order valence-electron chi connectivity index (χ0n) is 11.2. The number of carboxylic acids is 1. The lowest BCUT2D eigenvalue weighted by molar-refractivity contribution is -0.138. The molecule has 0 spiro atoms. The van der Waals surface area contributed by atoms with E-state index in [0.717, 1.165) is 16.8 Å². The van der Waals surface area contributed by atoms with E-state index in [2.05, 4.69) is 0 Å². The second-order valence-corrected chi connectivity index (χ2v) is 5.48. The van der Waals surface area contributed by atoms with Crippen molar-refractivity contribution >= 4 is 23.3 Å². The molecule has 0 saturated heterocycles. The third-order valence-electron chi connectivity index (χ3n) is 3.75. The van der Waals surface area contributed by atoms with Gasteiger partial charge in [-0.1, -0.05) is 17.7 Å². The Morgan fingerprint density at radius 3 is 2.57 bits per heavy atom. The fraction of sp³-hybridized carbons (Fsp3) is 0.188. The van der Waals surface area contributed by atoms with Crippen molar-refractivity contribution in [2.75, 3.05) is 11.4 Å². The van der Waals surface area contributed by atoms with Crippen LogP contribution in [0, 0.1) is 0 Å². The lowest BCUT2D eigenvalue weighted by atomic mass is 9.92. The molecular formula is C16H14ClNO3. The fourth-order valence-corrected chi connectivity index (χ4v) is 2.92. The predicted octanol–water partition coefficient (Wildman–Crippen LogP) is 3.23. The Labute approximate surface area is 127 Å². The lowest BCUT2D eigenvalue weighted by Crippen LogP contribution is -2.39. The van der Waals surface area contributed by atoms with Gasteiger partial charge in [0.15, 0.2) is 6.04 Å². The lowest BCUT2D eigenvalue weighted by Gasteiger charge is -2.36. The molecule has 1 unspecified atom stereocenters. The second kappa shape index (κ2) is 5.30. The molecule has 2 N–H and O–H groups in total. The number of hydrogen-bond acceptors (Lipinski definition) is 3. The van der Waals surface area contributed by atoms with E-state index < -0.39 is 12.0 Å². The molecule has 0 saturated carbocycles. The number of rotatable bonds is 2. The molecule has 4 nitrogen and oxygen atoms in total. The number of nitrogens with zero attached hydrogens (tertiary/aromatic N) is 1. The average Bonchev–Trinajstić information content (AvgIpc) is 2.46. The largest absolute Gasteiger partial charge is 0.508 e. The third-order valence-corrected chi connectivity index (χ3v) is 4.00. The molecule has 0 radical (unpaired) electrons. The highest BCUT2D eigenvalue weighted by molar-refractivity contribution is 6.30. The first-order valence-electron chi connectivity index (χ1n) is 6.63. The number of carbonyl (C=O) groups is 1. The maximum absolute atomic E-state index is 11.7. The summed E-state index contributed by atoms with van der Waals surface area (Å²) in [6, 6.07) is 11.3. The number of aromatic hydroxyl groups is 1. The van der Waals surface area contributed by atoms with E-state index >= 15 is 0 Å². The zero-order valence-corrected chi connectivity index (χ0v) is 11.9. The molecule has 1 heterocycles. The first-order valence-corrected chi connectivity index (χ1v) is 7.01. The monoisotopic (exact) mass is 303 g/mol. The van der Waals surface area contributed by atoms with Gasteiger partial charge < -0.3 is 15.1 Å². The molecular weight excluding hydrogens is 290 g/mol. The summed E-state index contributed by atoms with van der Waals surface area (Å²) in [6.07, 6.45) is 0.691. The number of hydrogen-bond donors (Lipinski definition) is 2. The van der Waals surface area contributed by atoms with E-state index in [-0.39, 0.29) is 5.75 Å². The highest BCUT2D eigenvalue weighted by atomic mass is 35.5. The molecule has 5 heteroatoms. The van der Waals surface area contributed by atoms with Gasteiger partial charge in [-0.25, -0.2) is 4.79 Å². The Morgan fingerprint density at radius 2 is 1.90 bits per heavy atom. The predicted molar refractivity (Wildman–Crippen MR) is 81.0 cm³/mol. The Kier molecular flexibility index (Phi) is 3.47. The standard InChI is InChI=1S/C16H14ClNO3/c17-11-1-3-12(4-2-11)18-8-7-10-9-13(19)5-6-14(10)15(18)16(20)21/h1-6,9,15,19H,7-8H2,(H,20,21). The van der Waals surface area contributed by atoms with Crippen LogP contribution in [-0.4, -0.2) is 22.7 Å². The van der Waals surface area contributed by atoms with Crippen LogP contribution < -0.4 is 4.90 Å². The summed E-state index contributed by atoms with van der Waals surface area (Å²) in [4.78, 5) is 13.6. The molecule has 0 fully saturated rings. The van der Waals surface area contributed by atoms with Crippen LogP contribution in [-0.2, 0) is 11.2 Å². The summed E-state index contributed by atoms with van der Waals surface area (Å²) in [6.45, 7) is 0.578. The van der Waals surface area contributed by atoms with Crippen LogP contribution in [0.2, 0.25) is 5.02 Å². The molecule has 0 bridgehead atoms. The Morgan fingerprint density at radius 1 is 1.19 bits per heavy atom. The first-order chi connectivity index (χ1) is 10.1. The number of carboxylic acid groups (broad SMARTS) is 1. The summed E-state index contributed by atoms with van der Waals surface area (Å²) >= 11 is 5.89. The number of phenols is 1. The summed E-state index contributed by atoms with van der Waals surface area (Å²) in [5.41, 5.74) is 2.43. The molecule has 1 aliphatic rings. The second-order valence-electron chi connectivity index (χ2n) is 5.04. The third kappa shape index (κ3) is 2.54. The molecule has 2 aromatic carbocycles. The number of anilines is 1. The minimum Gasteiger partial charge on any atom is -0.508 e. The summed E-state index contributed by atoms with van der Waals surface area (Å²) < 4.78 is 0. The SMILES string of the molecule is O=C(O)C1c2ccc(O)cc2CCN1c1ccc(Cl)cc1. The number of benzene rings is 2. The van der Waals surface area contributed by atoms with Gasteiger partial charge in [-0.3, -0.25) is 0 Å². The number of aliphatic carboxylic acids is 1. The summed E-state index contributed by atoms with van der Waals surface area (Å²) in [5.74, 6) is -0.741.